The minimum Gasteiger partial charge on any atom is -0.493 e. The zero-order valence-electron chi connectivity index (χ0n) is 16.9. The predicted octanol–water partition coefficient (Wildman–Crippen LogP) is 4.75. The average Bonchev–Trinajstić information content (AvgIpc) is 3.20. The molecule has 31 heavy (non-hydrogen) atoms. The quantitative estimate of drug-likeness (QED) is 0.445. The molecule has 1 aromatic carbocycles. The van der Waals surface area contributed by atoms with E-state index in [1.165, 1.54) is 11.3 Å². The van der Waals surface area contributed by atoms with Gasteiger partial charge >= 0.3 is 0 Å². The van der Waals surface area contributed by atoms with Crippen LogP contribution in [-0.2, 0) is 10.2 Å². The molecular formula is C22H19N3O5S. The van der Waals surface area contributed by atoms with Crippen LogP contribution >= 0.6 is 11.3 Å². The summed E-state index contributed by atoms with van der Waals surface area (Å²) in [6.45, 7) is 0. The molecule has 0 atom stereocenters. The molecule has 3 heterocycles. The molecule has 1 amide bonds. The second-order valence-electron chi connectivity index (χ2n) is 7.20. The third-order valence-corrected chi connectivity index (χ3v) is 6.11. The van der Waals surface area contributed by atoms with Crippen molar-refractivity contribution in [1.82, 2.24) is 10.1 Å². The Hall–Kier alpha value is -3.59. The Kier molecular flexibility index (Phi) is 4.74. The van der Waals surface area contributed by atoms with Crippen molar-refractivity contribution in [2.24, 2.45) is 0 Å². The third-order valence-electron chi connectivity index (χ3n) is 5.35. The fourth-order valence-corrected chi connectivity index (χ4v) is 4.13. The standard InChI is InChI=1S/C22H19N3O5S/c1-27-16-6-5-13(10-18(16)28-2)17-11-19(25-30-17)22(7-8-22)20(26)24-21-23-14(12-31-21)15-4-3-9-29-15/h3-6,9-12H,7-8H2,1-2H3,(H,23,24,26). The van der Waals surface area contributed by atoms with Gasteiger partial charge in [0, 0.05) is 17.0 Å². The summed E-state index contributed by atoms with van der Waals surface area (Å²) < 4.78 is 21.5. The lowest BCUT2D eigenvalue weighted by Crippen LogP contribution is -2.28. The number of nitrogens with zero attached hydrogens (tertiary/aromatic N) is 2. The highest BCUT2D eigenvalue weighted by Crippen LogP contribution is 2.49. The van der Waals surface area contributed by atoms with E-state index < -0.39 is 5.41 Å². The van der Waals surface area contributed by atoms with Crippen molar-refractivity contribution in [3.8, 4) is 34.3 Å². The van der Waals surface area contributed by atoms with Crippen molar-refractivity contribution in [1.29, 1.82) is 0 Å². The number of thiazole rings is 1. The van der Waals surface area contributed by atoms with Crippen LogP contribution in [0.4, 0.5) is 5.13 Å². The Morgan fingerprint density at radius 3 is 2.68 bits per heavy atom. The highest BCUT2D eigenvalue weighted by atomic mass is 32.1. The van der Waals surface area contributed by atoms with E-state index >= 15 is 0 Å². The number of ether oxygens (including phenoxy) is 2. The molecule has 1 saturated carbocycles. The summed E-state index contributed by atoms with van der Waals surface area (Å²) in [5, 5.41) is 9.48. The van der Waals surface area contributed by atoms with Gasteiger partial charge in [0.15, 0.2) is 28.2 Å². The molecule has 9 heteroatoms. The molecule has 1 fully saturated rings. The molecule has 1 aliphatic carbocycles. The van der Waals surface area contributed by atoms with Crippen LogP contribution in [0.2, 0.25) is 0 Å². The maximum absolute atomic E-state index is 13.0. The van der Waals surface area contributed by atoms with Crippen LogP contribution in [0.15, 0.2) is 57.0 Å². The summed E-state index contributed by atoms with van der Waals surface area (Å²) in [5.74, 6) is 2.30. The van der Waals surface area contributed by atoms with E-state index in [1.807, 2.05) is 29.6 Å². The first-order chi connectivity index (χ1) is 15.1. The number of benzene rings is 1. The Labute approximate surface area is 181 Å². The number of hydrogen-bond acceptors (Lipinski definition) is 8. The number of hydrogen-bond donors (Lipinski definition) is 1. The molecule has 0 unspecified atom stereocenters. The maximum atomic E-state index is 13.0. The SMILES string of the molecule is COc1ccc(-c2cc(C3(C(=O)Nc4nc(-c5ccco5)cs4)CC3)no2)cc1OC. The molecule has 0 radical (unpaired) electrons. The van der Waals surface area contributed by atoms with Crippen molar-refractivity contribution >= 4 is 22.4 Å². The molecule has 4 aromatic rings. The first-order valence-electron chi connectivity index (χ1n) is 9.63. The summed E-state index contributed by atoms with van der Waals surface area (Å²) in [6.07, 6.45) is 2.99. The Balaban J connectivity index is 1.35. The Morgan fingerprint density at radius 1 is 1.13 bits per heavy atom. The van der Waals surface area contributed by atoms with Gasteiger partial charge in [-0.1, -0.05) is 5.16 Å². The predicted molar refractivity (Wildman–Crippen MR) is 114 cm³/mol. The lowest BCUT2D eigenvalue weighted by molar-refractivity contribution is -0.118. The van der Waals surface area contributed by atoms with E-state index in [-0.39, 0.29) is 5.91 Å². The van der Waals surface area contributed by atoms with Crippen molar-refractivity contribution in [2.45, 2.75) is 18.3 Å². The summed E-state index contributed by atoms with van der Waals surface area (Å²) in [4.78, 5) is 17.5. The highest BCUT2D eigenvalue weighted by Gasteiger charge is 2.54. The number of furan rings is 1. The van der Waals surface area contributed by atoms with Crippen LogP contribution in [0.5, 0.6) is 11.5 Å². The molecule has 1 aliphatic rings. The zero-order chi connectivity index (χ0) is 21.4. The summed E-state index contributed by atoms with van der Waals surface area (Å²) in [6, 6.07) is 10.9. The fraction of sp³-hybridized carbons (Fsp3) is 0.227. The van der Waals surface area contributed by atoms with Crippen LogP contribution < -0.4 is 14.8 Å². The maximum Gasteiger partial charge on any atom is 0.238 e. The van der Waals surface area contributed by atoms with Gasteiger partial charge < -0.3 is 23.7 Å². The van der Waals surface area contributed by atoms with Crippen LogP contribution in [0.1, 0.15) is 18.5 Å². The van der Waals surface area contributed by atoms with Gasteiger partial charge in [-0.3, -0.25) is 4.79 Å². The number of nitrogens with one attached hydrogen (secondary N) is 1. The monoisotopic (exact) mass is 437 g/mol. The molecular weight excluding hydrogens is 418 g/mol. The number of aromatic nitrogens is 2. The molecule has 0 aliphatic heterocycles. The number of carbonyl (C=O) groups is 1. The van der Waals surface area contributed by atoms with Gasteiger partial charge in [-0.15, -0.1) is 11.3 Å². The number of anilines is 1. The summed E-state index contributed by atoms with van der Waals surface area (Å²) >= 11 is 1.35. The second kappa shape index (κ2) is 7.59. The highest BCUT2D eigenvalue weighted by molar-refractivity contribution is 7.14. The van der Waals surface area contributed by atoms with Gasteiger partial charge in [0.05, 0.1) is 31.6 Å². The van der Waals surface area contributed by atoms with Crippen molar-refractivity contribution in [2.75, 3.05) is 19.5 Å². The lowest BCUT2D eigenvalue weighted by atomic mass is 10.0. The van der Waals surface area contributed by atoms with Crippen molar-refractivity contribution in [3.05, 3.63) is 53.7 Å². The molecule has 8 nitrogen and oxygen atoms in total. The third kappa shape index (κ3) is 3.46. The lowest BCUT2D eigenvalue weighted by Gasteiger charge is -2.10. The number of methoxy groups -OCH3 is 2. The molecule has 3 aromatic heterocycles. The normalized spacial score (nSPS) is 14.3. The van der Waals surface area contributed by atoms with E-state index in [9.17, 15) is 4.79 Å². The smallest absolute Gasteiger partial charge is 0.238 e. The summed E-state index contributed by atoms with van der Waals surface area (Å²) in [7, 11) is 3.16. The van der Waals surface area contributed by atoms with E-state index in [0.717, 1.165) is 5.56 Å². The molecule has 0 saturated heterocycles. The minimum absolute atomic E-state index is 0.139. The van der Waals surface area contributed by atoms with Crippen LogP contribution in [-0.4, -0.2) is 30.3 Å². The molecule has 0 bridgehead atoms. The van der Waals surface area contributed by atoms with E-state index in [2.05, 4.69) is 15.5 Å². The van der Waals surface area contributed by atoms with Gasteiger partial charge in [-0.05, 0) is 43.2 Å². The Morgan fingerprint density at radius 2 is 1.97 bits per heavy atom. The van der Waals surface area contributed by atoms with Gasteiger partial charge in [-0.2, -0.15) is 0 Å². The van der Waals surface area contributed by atoms with E-state index in [0.29, 0.717) is 52.4 Å². The first-order valence-corrected chi connectivity index (χ1v) is 10.5. The first kappa shape index (κ1) is 19.4. The number of amides is 1. The van der Waals surface area contributed by atoms with E-state index in [4.69, 9.17) is 18.4 Å². The molecule has 1 N–H and O–H groups in total. The largest absolute Gasteiger partial charge is 0.493 e. The molecule has 0 spiro atoms. The van der Waals surface area contributed by atoms with Gasteiger partial charge in [-0.25, -0.2) is 4.98 Å². The second-order valence-corrected chi connectivity index (χ2v) is 8.06. The Bertz CT molecular complexity index is 1220. The topological polar surface area (TPSA) is 99.6 Å². The van der Waals surface area contributed by atoms with Crippen LogP contribution in [0.3, 0.4) is 0 Å². The minimum atomic E-state index is -0.700. The van der Waals surface area contributed by atoms with Gasteiger partial charge in [0.25, 0.3) is 0 Å². The van der Waals surface area contributed by atoms with Crippen LogP contribution in [0, 0.1) is 0 Å². The zero-order valence-corrected chi connectivity index (χ0v) is 17.7. The van der Waals surface area contributed by atoms with Crippen LogP contribution in [0.25, 0.3) is 22.8 Å². The fourth-order valence-electron chi connectivity index (χ4n) is 3.44. The molecule has 5 rings (SSSR count). The van der Waals surface area contributed by atoms with Gasteiger partial charge in [0.1, 0.15) is 5.69 Å². The average molecular weight is 437 g/mol. The number of carbonyl (C=O) groups excluding carboxylic acids is 1. The van der Waals surface area contributed by atoms with Crippen molar-refractivity contribution in [3.63, 3.8) is 0 Å². The number of rotatable bonds is 7. The molecule has 158 valence electrons. The van der Waals surface area contributed by atoms with Crippen molar-refractivity contribution < 1.29 is 23.2 Å². The van der Waals surface area contributed by atoms with E-state index in [1.54, 1.807) is 32.6 Å². The summed E-state index contributed by atoms with van der Waals surface area (Å²) in [5.41, 5.74) is 1.38. The van der Waals surface area contributed by atoms with Gasteiger partial charge in [0.2, 0.25) is 5.91 Å².